The molecule has 0 aromatic heterocycles. The van der Waals surface area contributed by atoms with Crippen molar-refractivity contribution in [2.75, 3.05) is 30.6 Å². The minimum Gasteiger partial charge on any atom is -0.497 e. The fraction of sp³-hybridized carbons (Fsp3) is 0.147. The van der Waals surface area contributed by atoms with Crippen LogP contribution >= 0.6 is 11.8 Å². The van der Waals surface area contributed by atoms with Gasteiger partial charge in [-0.3, -0.25) is 14.4 Å². The fourth-order valence-corrected chi connectivity index (χ4v) is 5.06. The van der Waals surface area contributed by atoms with Crippen molar-refractivity contribution in [3.8, 4) is 11.5 Å². The average molecular weight is 596 g/mol. The molecule has 43 heavy (non-hydrogen) atoms. The number of methoxy groups -OCH3 is 2. The molecule has 0 heterocycles. The molecule has 220 valence electrons. The summed E-state index contributed by atoms with van der Waals surface area (Å²) >= 11 is 1.35. The highest BCUT2D eigenvalue weighted by Crippen LogP contribution is 2.27. The summed E-state index contributed by atoms with van der Waals surface area (Å²) in [5, 5.41) is 8.52. The molecule has 0 aliphatic heterocycles. The molecule has 0 unspecified atom stereocenters. The standard InChI is InChI=1S/C34H33N3O5S/c1-22-15-23(2)17-27(16-22)35-32(38)21-43-29-12-8-11-26(20-29)36-34(40)30(37-33(39)24-9-6-5-7-10-24)19-25-18-28(41-3)13-14-31(25)42-4/h5-20H,21H2,1-4H3,(H,35,38)(H,36,40)(H,37,39)/b30-19+. The maximum atomic E-state index is 13.5. The van der Waals surface area contributed by atoms with Crippen molar-refractivity contribution in [3.05, 3.63) is 119 Å². The summed E-state index contributed by atoms with van der Waals surface area (Å²) in [4.78, 5) is 39.9. The highest BCUT2D eigenvalue weighted by molar-refractivity contribution is 8.00. The summed E-state index contributed by atoms with van der Waals surface area (Å²) in [6.45, 7) is 3.97. The third-order valence-corrected chi connectivity index (χ3v) is 7.23. The number of ether oxygens (including phenoxy) is 2. The van der Waals surface area contributed by atoms with E-state index in [2.05, 4.69) is 16.0 Å². The molecule has 4 aromatic rings. The molecule has 4 aromatic carbocycles. The van der Waals surface area contributed by atoms with E-state index in [0.29, 0.717) is 28.3 Å². The molecular weight excluding hydrogens is 562 g/mol. The molecule has 0 atom stereocenters. The van der Waals surface area contributed by atoms with E-state index in [1.807, 2.05) is 38.1 Å². The van der Waals surface area contributed by atoms with Crippen LogP contribution in [0, 0.1) is 13.8 Å². The molecule has 0 bridgehead atoms. The molecule has 4 rings (SSSR count). The molecule has 0 fully saturated rings. The Morgan fingerprint density at radius 3 is 2.21 bits per heavy atom. The van der Waals surface area contributed by atoms with Crippen LogP contribution in [0.5, 0.6) is 11.5 Å². The molecule has 0 saturated heterocycles. The van der Waals surface area contributed by atoms with Crippen LogP contribution in [0.3, 0.4) is 0 Å². The fourth-order valence-electron chi connectivity index (χ4n) is 4.30. The van der Waals surface area contributed by atoms with Gasteiger partial charge in [-0.15, -0.1) is 11.8 Å². The van der Waals surface area contributed by atoms with Gasteiger partial charge in [-0.05, 0) is 91.7 Å². The molecule has 3 N–H and O–H groups in total. The summed E-state index contributed by atoms with van der Waals surface area (Å²) in [6, 6.07) is 26.8. The Kier molecular flexibility index (Phi) is 10.6. The molecule has 0 saturated carbocycles. The topological polar surface area (TPSA) is 106 Å². The van der Waals surface area contributed by atoms with Gasteiger partial charge in [0.25, 0.3) is 11.8 Å². The SMILES string of the molecule is COc1ccc(OC)c(/C=C(/NC(=O)c2ccccc2)C(=O)Nc2cccc(SCC(=O)Nc3cc(C)cc(C)c3)c2)c1. The zero-order valence-electron chi connectivity index (χ0n) is 24.4. The maximum absolute atomic E-state index is 13.5. The minimum absolute atomic E-state index is 0.00582. The Morgan fingerprint density at radius 2 is 1.51 bits per heavy atom. The average Bonchev–Trinajstić information content (AvgIpc) is 2.99. The lowest BCUT2D eigenvalue weighted by molar-refractivity contribution is -0.114. The van der Waals surface area contributed by atoms with Gasteiger partial charge < -0.3 is 25.4 Å². The Labute approximate surface area is 255 Å². The highest BCUT2D eigenvalue weighted by Gasteiger charge is 2.17. The second-order valence-electron chi connectivity index (χ2n) is 9.68. The van der Waals surface area contributed by atoms with E-state index >= 15 is 0 Å². The maximum Gasteiger partial charge on any atom is 0.272 e. The summed E-state index contributed by atoms with van der Waals surface area (Å²) in [6.07, 6.45) is 1.54. The zero-order valence-corrected chi connectivity index (χ0v) is 25.2. The van der Waals surface area contributed by atoms with E-state index in [9.17, 15) is 14.4 Å². The normalized spacial score (nSPS) is 10.9. The first kappa shape index (κ1) is 30.9. The number of hydrogen-bond donors (Lipinski definition) is 3. The van der Waals surface area contributed by atoms with E-state index in [1.54, 1.807) is 66.7 Å². The van der Waals surface area contributed by atoms with Crippen LogP contribution in [-0.2, 0) is 9.59 Å². The molecule has 0 aliphatic rings. The molecule has 3 amide bonds. The summed E-state index contributed by atoms with van der Waals surface area (Å²) < 4.78 is 10.8. The number of rotatable bonds is 11. The van der Waals surface area contributed by atoms with Crippen LogP contribution in [0.25, 0.3) is 6.08 Å². The zero-order chi connectivity index (χ0) is 30.8. The Balaban J connectivity index is 1.51. The van der Waals surface area contributed by atoms with Gasteiger partial charge in [0.1, 0.15) is 17.2 Å². The number of nitrogens with one attached hydrogen (secondary N) is 3. The molecule has 0 aliphatic carbocycles. The smallest absolute Gasteiger partial charge is 0.272 e. The van der Waals surface area contributed by atoms with Gasteiger partial charge in [-0.2, -0.15) is 0 Å². The summed E-state index contributed by atoms with van der Waals surface area (Å²) in [5.41, 5.74) is 4.35. The van der Waals surface area contributed by atoms with Crippen LogP contribution in [-0.4, -0.2) is 37.7 Å². The van der Waals surface area contributed by atoms with Crippen LogP contribution < -0.4 is 25.4 Å². The van der Waals surface area contributed by atoms with Gasteiger partial charge in [0, 0.05) is 27.4 Å². The predicted octanol–water partition coefficient (Wildman–Crippen LogP) is 6.46. The quantitative estimate of drug-likeness (QED) is 0.136. The van der Waals surface area contributed by atoms with Gasteiger partial charge in [-0.1, -0.05) is 30.3 Å². The van der Waals surface area contributed by atoms with Crippen LogP contribution in [0.4, 0.5) is 11.4 Å². The Bertz CT molecular complexity index is 1630. The largest absolute Gasteiger partial charge is 0.497 e. The van der Waals surface area contributed by atoms with Crippen molar-refractivity contribution in [1.29, 1.82) is 0 Å². The molecule has 0 spiro atoms. The Morgan fingerprint density at radius 1 is 0.767 bits per heavy atom. The lowest BCUT2D eigenvalue weighted by atomic mass is 10.1. The van der Waals surface area contributed by atoms with Crippen molar-refractivity contribution in [2.24, 2.45) is 0 Å². The van der Waals surface area contributed by atoms with Crippen molar-refractivity contribution < 1.29 is 23.9 Å². The lowest BCUT2D eigenvalue weighted by Gasteiger charge is -2.14. The summed E-state index contributed by atoms with van der Waals surface area (Å²) in [5.74, 6) is 0.139. The number of benzene rings is 4. The van der Waals surface area contributed by atoms with Gasteiger partial charge in [0.2, 0.25) is 5.91 Å². The van der Waals surface area contributed by atoms with E-state index in [4.69, 9.17) is 9.47 Å². The molecule has 0 radical (unpaired) electrons. The lowest BCUT2D eigenvalue weighted by Crippen LogP contribution is -2.30. The second kappa shape index (κ2) is 14.7. The third kappa shape index (κ3) is 8.98. The predicted molar refractivity (Wildman–Crippen MR) is 172 cm³/mol. The Hall–Kier alpha value is -5.02. The van der Waals surface area contributed by atoms with Gasteiger partial charge in [-0.25, -0.2) is 0 Å². The number of thioether (sulfide) groups is 1. The van der Waals surface area contributed by atoms with Crippen molar-refractivity contribution in [1.82, 2.24) is 5.32 Å². The van der Waals surface area contributed by atoms with E-state index in [0.717, 1.165) is 21.7 Å². The van der Waals surface area contributed by atoms with E-state index in [1.165, 1.54) is 32.1 Å². The van der Waals surface area contributed by atoms with E-state index in [-0.39, 0.29) is 17.4 Å². The first-order valence-corrected chi connectivity index (χ1v) is 14.4. The van der Waals surface area contributed by atoms with Crippen LogP contribution in [0.15, 0.2) is 102 Å². The molecular formula is C34H33N3O5S. The first-order valence-electron chi connectivity index (χ1n) is 13.5. The van der Waals surface area contributed by atoms with Crippen molar-refractivity contribution >= 4 is 46.9 Å². The number of carbonyl (C=O) groups excluding carboxylic acids is 3. The highest BCUT2D eigenvalue weighted by atomic mass is 32.2. The molecule has 9 heteroatoms. The van der Waals surface area contributed by atoms with Crippen LogP contribution in [0.2, 0.25) is 0 Å². The number of anilines is 2. The van der Waals surface area contributed by atoms with Gasteiger partial charge in [0.15, 0.2) is 0 Å². The van der Waals surface area contributed by atoms with Crippen molar-refractivity contribution in [2.45, 2.75) is 18.7 Å². The van der Waals surface area contributed by atoms with Crippen LogP contribution in [0.1, 0.15) is 27.0 Å². The second-order valence-corrected chi connectivity index (χ2v) is 10.7. The van der Waals surface area contributed by atoms with Gasteiger partial charge in [0.05, 0.1) is 20.0 Å². The number of carbonyl (C=O) groups is 3. The van der Waals surface area contributed by atoms with E-state index < -0.39 is 11.8 Å². The number of amides is 3. The third-order valence-electron chi connectivity index (χ3n) is 6.23. The monoisotopic (exact) mass is 595 g/mol. The minimum atomic E-state index is -0.538. The molecule has 8 nitrogen and oxygen atoms in total. The van der Waals surface area contributed by atoms with Crippen molar-refractivity contribution in [3.63, 3.8) is 0 Å². The first-order chi connectivity index (χ1) is 20.7. The van der Waals surface area contributed by atoms with Gasteiger partial charge >= 0.3 is 0 Å². The number of hydrogen-bond acceptors (Lipinski definition) is 6. The summed E-state index contributed by atoms with van der Waals surface area (Å²) in [7, 11) is 3.06. The number of aryl methyl sites for hydroxylation is 2.